The van der Waals surface area contributed by atoms with Gasteiger partial charge >= 0.3 is 5.97 Å². The number of ether oxygens (including phenoxy) is 1. The lowest BCUT2D eigenvalue weighted by Crippen LogP contribution is -2.17. The highest BCUT2D eigenvalue weighted by molar-refractivity contribution is 7.93. The monoisotopic (exact) mass is 398 g/mol. The molecule has 4 aromatic rings. The molecular formula is C19H14N2O4S2. The first-order valence-electron chi connectivity index (χ1n) is 7.98. The van der Waals surface area contributed by atoms with Gasteiger partial charge in [0.1, 0.15) is 4.90 Å². The Morgan fingerprint density at radius 1 is 1.04 bits per heavy atom. The maximum Gasteiger partial charge on any atom is 0.339 e. The first kappa shape index (κ1) is 17.4. The number of carbonyl (C=O) groups excluding carboxylic acids is 1. The number of benzene rings is 3. The van der Waals surface area contributed by atoms with Crippen molar-refractivity contribution in [2.24, 2.45) is 0 Å². The molecule has 6 nitrogen and oxygen atoms in total. The summed E-state index contributed by atoms with van der Waals surface area (Å²) in [6, 6.07) is 17.6. The van der Waals surface area contributed by atoms with Crippen molar-refractivity contribution in [1.29, 1.82) is 0 Å². The molecule has 0 saturated heterocycles. The van der Waals surface area contributed by atoms with E-state index in [9.17, 15) is 13.2 Å². The van der Waals surface area contributed by atoms with Crippen molar-refractivity contribution >= 4 is 53.5 Å². The van der Waals surface area contributed by atoms with E-state index in [4.69, 9.17) is 0 Å². The van der Waals surface area contributed by atoms with Crippen LogP contribution in [0.1, 0.15) is 10.4 Å². The summed E-state index contributed by atoms with van der Waals surface area (Å²) in [4.78, 5) is 16.2. The SMILES string of the molecule is COC(=O)c1ccccc1S(=O)(=O)Nc1nc2c(ccc3ccccc32)s1. The Morgan fingerprint density at radius 2 is 1.78 bits per heavy atom. The fraction of sp³-hybridized carbons (Fsp3) is 0.0526. The minimum atomic E-state index is -4.00. The van der Waals surface area contributed by atoms with Crippen LogP contribution in [0.15, 0.2) is 65.6 Å². The van der Waals surface area contributed by atoms with Crippen LogP contribution in [0.5, 0.6) is 0 Å². The van der Waals surface area contributed by atoms with E-state index in [1.807, 2.05) is 36.4 Å². The number of aromatic nitrogens is 1. The first-order chi connectivity index (χ1) is 13.0. The Balaban J connectivity index is 1.78. The molecule has 1 heterocycles. The molecule has 0 atom stereocenters. The van der Waals surface area contributed by atoms with Crippen molar-refractivity contribution in [2.45, 2.75) is 4.90 Å². The Morgan fingerprint density at radius 3 is 2.59 bits per heavy atom. The third-order valence-electron chi connectivity index (χ3n) is 4.09. The van der Waals surface area contributed by atoms with E-state index in [2.05, 4.69) is 14.4 Å². The number of nitrogens with zero attached hydrogens (tertiary/aromatic N) is 1. The molecule has 4 rings (SSSR count). The Hall–Kier alpha value is -2.97. The van der Waals surface area contributed by atoms with Crippen molar-refractivity contribution in [3.05, 3.63) is 66.2 Å². The van der Waals surface area contributed by atoms with Crippen molar-refractivity contribution < 1.29 is 17.9 Å². The third kappa shape index (κ3) is 3.13. The molecule has 0 aliphatic rings. The number of methoxy groups -OCH3 is 1. The second kappa shape index (κ2) is 6.64. The number of thiazole rings is 1. The van der Waals surface area contributed by atoms with E-state index < -0.39 is 16.0 Å². The Kier molecular flexibility index (Phi) is 4.29. The van der Waals surface area contributed by atoms with Gasteiger partial charge in [0, 0.05) is 5.39 Å². The van der Waals surface area contributed by atoms with Crippen molar-refractivity contribution in [3.63, 3.8) is 0 Å². The molecule has 0 radical (unpaired) electrons. The van der Waals surface area contributed by atoms with Crippen molar-refractivity contribution in [1.82, 2.24) is 4.98 Å². The van der Waals surface area contributed by atoms with Crippen molar-refractivity contribution in [3.8, 4) is 0 Å². The summed E-state index contributed by atoms with van der Waals surface area (Å²) < 4.78 is 33.7. The fourth-order valence-corrected chi connectivity index (χ4v) is 5.17. The second-order valence-electron chi connectivity index (χ2n) is 5.75. The number of nitrogens with one attached hydrogen (secondary N) is 1. The maximum absolute atomic E-state index is 12.8. The van der Waals surface area contributed by atoms with Gasteiger partial charge in [-0.05, 0) is 23.6 Å². The molecule has 0 amide bonds. The van der Waals surface area contributed by atoms with Crippen LogP contribution in [-0.2, 0) is 14.8 Å². The summed E-state index contributed by atoms with van der Waals surface area (Å²) in [6.45, 7) is 0. The minimum absolute atomic E-state index is 0.0286. The zero-order valence-corrected chi connectivity index (χ0v) is 15.8. The van der Waals surface area contributed by atoms with Gasteiger partial charge in [-0.25, -0.2) is 18.2 Å². The van der Waals surface area contributed by atoms with Crippen LogP contribution in [0.25, 0.3) is 21.0 Å². The smallest absolute Gasteiger partial charge is 0.339 e. The Bertz CT molecular complexity index is 1280. The average molecular weight is 398 g/mol. The van der Waals surface area contributed by atoms with E-state index in [0.29, 0.717) is 0 Å². The topological polar surface area (TPSA) is 85.4 Å². The molecule has 0 spiro atoms. The number of esters is 1. The molecule has 3 aromatic carbocycles. The molecule has 1 N–H and O–H groups in total. The van der Waals surface area contributed by atoms with Gasteiger partial charge in [0.25, 0.3) is 10.0 Å². The van der Waals surface area contributed by atoms with Crippen LogP contribution < -0.4 is 4.72 Å². The van der Waals surface area contributed by atoms with Crippen LogP contribution in [0.4, 0.5) is 5.13 Å². The van der Waals surface area contributed by atoms with Gasteiger partial charge in [-0.3, -0.25) is 4.72 Å². The highest BCUT2D eigenvalue weighted by Gasteiger charge is 2.24. The lowest BCUT2D eigenvalue weighted by molar-refractivity contribution is 0.0596. The second-order valence-corrected chi connectivity index (χ2v) is 8.43. The highest BCUT2D eigenvalue weighted by Crippen LogP contribution is 2.33. The van der Waals surface area contributed by atoms with Gasteiger partial charge in [-0.2, -0.15) is 0 Å². The average Bonchev–Trinajstić information content (AvgIpc) is 3.09. The minimum Gasteiger partial charge on any atom is -0.465 e. The lowest BCUT2D eigenvalue weighted by Gasteiger charge is -2.09. The summed E-state index contributed by atoms with van der Waals surface area (Å²) in [5.41, 5.74) is 0.705. The number of rotatable bonds is 4. The molecule has 0 unspecified atom stereocenters. The quantitative estimate of drug-likeness (QED) is 0.525. The van der Waals surface area contributed by atoms with Gasteiger partial charge in [0.2, 0.25) is 0 Å². The summed E-state index contributed by atoms with van der Waals surface area (Å²) >= 11 is 1.24. The number of sulfonamides is 1. The van der Waals surface area contributed by atoms with Crippen molar-refractivity contribution in [2.75, 3.05) is 11.8 Å². The van der Waals surface area contributed by atoms with Crippen LogP contribution in [0.3, 0.4) is 0 Å². The number of hydrogen-bond acceptors (Lipinski definition) is 6. The van der Waals surface area contributed by atoms with E-state index in [0.717, 1.165) is 21.0 Å². The summed E-state index contributed by atoms with van der Waals surface area (Å²) in [6.07, 6.45) is 0. The molecular weight excluding hydrogens is 384 g/mol. The zero-order chi connectivity index (χ0) is 19.0. The first-order valence-corrected chi connectivity index (χ1v) is 10.3. The van der Waals surface area contributed by atoms with E-state index in [-0.39, 0.29) is 15.6 Å². The van der Waals surface area contributed by atoms with Gasteiger partial charge in [-0.1, -0.05) is 53.8 Å². The number of anilines is 1. The van der Waals surface area contributed by atoms with E-state index in [1.54, 1.807) is 12.1 Å². The Labute approximate surface area is 159 Å². The summed E-state index contributed by atoms with van der Waals surface area (Å²) in [5.74, 6) is -0.716. The van der Waals surface area contributed by atoms with Crippen LogP contribution in [-0.4, -0.2) is 26.5 Å². The summed E-state index contributed by atoms with van der Waals surface area (Å²) in [7, 11) is -2.80. The molecule has 0 aliphatic carbocycles. The standard InChI is InChI=1S/C19H14N2O4S2/c1-25-18(22)14-8-4-5-9-16(14)27(23,24)21-19-20-17-13-7-3-2-6-12(13)10-11-15(17)26-19/h2-11H,1H3,(H,20,21). The largest absolute Gasteiger partial charge is 0.465 e. The molecule has 1 aromatic heterocycles. The lowest BCUT2D eigenvalue weighted by atomic mass is 10.1. The fourth-order valence-electron chi connectivity index (χ4n) is 2.85. The van der Waals surface area contributed by atoms with E-state index >= 15 is 0 Å². The normalized spacial score (nSPS) is 11.6. The van der Waals surface area contributed by atoms with Gasteiger partial charge < -0.3 is 4.74 Å². The predicted molar refractivity (Wildman–Crippen MR) is 106 cm³/mol. The van der Waals surface area contributed by atoms with Crippen LogP contribution in [0, 0.1) is 0 Å². The van der Waals surface area contributed by atoms with Gasteiger partial charge in [0.05, 0.1) is 22.9 Å². The molecule has 136 valence electrons. The van der Waals surface area contributed by atoms with Gasteiger partial charge in [-0.15, -0.1) is 0 Å². The summed E-state index contributed by atoms with van der Waals surface area (Å²) in [5, 5.41) is 2.22. The van der Waals surface area contributed by atoms with Gasteiger partial charge in [0.15, 0.2) is 5.13 Å². The number of fused-ring (bicyclic) bond motifs is 3. The molecule has 27 heavy (non-hydrogen) atoms. The molecule has 0 aliphatic heterocycles. The maximum atomic E-state index is 12.8. The number of carbonyl (C=O) groups is 1. The predicted octanol–water partition coefficient (Wildman–Crippen LogP) is 4.04. The van der Waals surface area contributed by atoms with Crippen LogP contribution in [0.2, 0.25) is 0 Å². The zero-order valence-electron chi connectivity index (χ0n) is 14.2. The number of hydrogen-bond donors (Lipinski definition) is 1. The van der Waals surface area contributed by atoms with Crippen LogP contribution >= 0.6 is 11.3 Å². The third-order valence-corrected chi connectivity index (χ3v) is 6.55. The highest BCUT2D eigenvalue weighted by atomic mass is 32.2. The molecule has 0 fully saturated rings. The molecule has 0 saturated carbocycles. The molecule has 0 bridgehead atoms. The van der Waals surface area contributed by atoms with E-state index in [1.165, 1.54) is 30.6 Å². The molecule has 8 heteroatoms.